The van der Waals surface area contributed by atoms with Crippen molar-refractivity contribution in [2.45, 2.75) is 18.7 Å². The number of rotatable bonds is 8. The lowest BCUT2D eigenvalue weighted by Crippen LogP contribution is -2.42. The standard InChI is InChI=1S/C26H27N3O5S/c1-16-9-11-19(17(2)13-16)25(31)28-29-26(32)20-7-5-6-8-23(20)35-15-24(30)27-18-10-12-21(33-3)22(14-18)34-4/h5-14H,15H2,1-4H3,(H,27,30)(H,28,31)(H,29,32). The molecule has 0 aliphatic carbocycles. The van der Waals surface area contributed by atoms with Gasteiger partial charge in [-0.25, -0.2) is 0 Å². The van der Waals surface area contributed by atoms with Gasteiger partial charge in [0.15, 0.2) is 11.5 Å². The van der Waals surface area contributed by atoms with Crippen LogP contribution in [-0.2, 0) is 4.79 Å². The van der Waals surface area contributed by atoms with Gasteiger partial charge in [0, 0.05) is 22.2 Å². The maximum absolute atomic E-state index is 12.7. The number of hydrogen-bond acceptors (Lipinski definition) is 6. The Balaban J connectivity index is 1.60. The number of methoxy groups -OCH3 is 2. The Labute approximate surface area is 208 Å². The lowest BCUT2D eigenvalue weighted by atomic mass is 10.1. The molecular formula is C26H27N3O5S. The molecule has 0 aliphatic heterocycles. The fourth-order valence-corrected chi connectivity index (χ4v) is 4.20. The molecule has 0 saturated carbocycles. The summed E-state index contributed by atoms with van der Waals surface area (Å²) in [6, 6.07) is 17.4. The molecule has 3 aromatic carbocycles. The normalized spacial score (nSPS) is 10.3. The Kier molecular flexibility index (Phi) is 8.74. The van der Waals surface area contributed by atoms with E-state index in [4.69, 9.17) is 9.47 Å². The molecule has 8 nitrogen and oxygen atoms in total. The van der Waals surface area contributed by atoms with Crippen LogP contribution in [0.5, 0.6) is 11.5 Å². The molecule has 0 aliphatic rings. The number of hydrogen-bond donors (Lipinski definition) is 3. The Morgan fingerprint density at radius 3 is 2.17 bits per heavy atom. The van der Waals surface area contributed by atoms with Crippen LogP contribution in [-0.4, -0.2) is 37.7 Å². The van der Waals surface area contributed by atoms with Gasteiger partial charge in [-0.15, -0.1) is 11.8 Å². The number of ether oxygens (including phenoxy) is 2. The van der Waals surface area contributed by atoms with Crippen LogP contribution in [0, 0.1) is 13.8 Å². The summed E-state index contributed by atoms with van der Waals surface area (Å²) in [5.74, 6) is 0.00256. The number of benzene rings is 3. The molecule has 0 unspecified atom stereocenters. The molecule has 9 heteroatoms. The van der Waals surface area contributed by atoms with Crippen LogP contribution in [0.25, 0.3) is 0 Å². The van der Waals surface area contributed by atoms with Gasteiger partial charge in [-0.1, -0.05) is 29.8 Å². The van der Waals surface area contributed by atoms with Crippen molar-refractivity contribution in [2.24, 2.45) is 0 Å². The quantitative estimate of drug-likeness (QED) is 0.322. The van der Waals surface area contributed by atoms with Gasteiger partial charge >= 0.3 is 0 Å². The van der Waals surface area contributed by atoms with E-state index in [9.17, 15) is 14.4 Å². The Hall–Kier alpha value is -3.98. The summed E-state index contributed by atoms with van der Waals surface area (Å²) in [6.07, 6.45) is 0. The number of aryl methyl sites for hydroxylation is 2. The van der Waals surface area contributed by atoms with Crippen molar-refractivity contribution in [2.75, 3.05) is 25.3 Å². The molecule has 3 N–H and O–H groups in total. The third-order valence-corrected chi connectivity index (χ3v) is 6.15. The summed E-state index contributed by atoms with van der Waals surface area (Å²) in [4.78, 5) is 38.3. The largest absolute Gasteiger partial charge is 0.493 e. The van der Waals surface area contributed by atoms with Gasteiger partial charge in [-0.3, -0.25) is 25.2 Å². The van der Waals surface area contributed by atoms with E-state index in [2.05, 4.69) is 16.2 Å². The van der Waals surface area contributed by atoms with Crippen LogP contribution in [0.3, 0.4) is 0 Å². The number of carbonyl (C=O) groups excluding carboxylic acids is 3. The number of carbonyl (C=O) groups is 3. The second-order valence-corrected chi connectivity index (χ2v) is 8.65. The van der Waals surface area contributed by atoms with Gasteiger partial charge < -0.3 is 14.8 Å². The average Bonchev–Trinajstić information content (AvgIpc) is 2.85. The summed E-state index contributed by atoms with van der Waals surface area (Å²) in [5.41, 5.74) is 8.15. The summed E-state index contributed by atoms with van der Waals surface area (Å²) in [6.45, 7) is 3.78. The van der Waals surface area contributed by atoms with E-state index >= 15 is 0 Å². The molecule has 0 atom stereocenters. The zero-order valence-electron chi connectivity index (χ0n) is 19.9. The molecule has 0 bridgehead atoms. The highest BCUT2D eigenvalue weighted by Gasteiger charge is 2.15. The lowest BCUT2D eigenvalue weighted by molar-refractivity contribution is -0.113. The Morgan fingerprint density at radius 2 is 1.49 bits per heavy atom. The number of nitrogens with one attached hydrogen (secondary N) is 3. The van der Waals surface area contributed by atoms with Gasteiger partial charge in [-0.05, 0) is 49.7 Å². The first kappa shape index (κ1) is 25.6. The maximum Gasteiger partial charge on any atom is 0.270 e. The fraction of sp³-hybridized carbons (Fsp3) is 0.192. The smallest absolute Gasteiger partial charge is 0.270 e. The van der Waals surface area contributed by atoms with Crippen molar-refractivity contribution in [3.63, 3.8) is 0 Å². The van der Waals surface area contributed by atoms with E-state index in [1.54, 1.807) is 48.5 Å². The second kappa shape index (κ2) is 11.9. The first-order valence-corrected chi connectivity index (χ1v) is 11.7. The average molecular weight is 494 g/mol. The molecule has 0 aromatic heterocycles. The van der Waals surface area contributed by atoms with Gasteiger partial charge in [0.05, 0.1) is 25.5 Å². The topological polar surface area (TPSA) is 106 Å². The minimum atomic E-state index is -0.480. The third-order valence-electron chi connectivity index (χ3n) is 5.07. The molecular weight excluding hydrogens is 466 g/mol. The molecule has 0 heterocycles. The minimum Gasteiger partial charge on any atom is -0.493 e. The number of amides is 3. The monoisotopic (exact) mass is 493 g/mol. The number of hydrazine groups is 1. The van der Waals surface area contributed by atoms with Crippen LogP contribution in [0.4, 0.5) is 5.69 Å². The van der Waals surface area contributed by atoms with E-state index in [0.29, 0.717) is 33.2 Å². The molecule has 3 aromatic rings. The van der Waals surface area contributed by atoms with Crippen molar-refractivity contribution in [1.29, 1.82) is 0 Å². The van der Waals surface area contributed by atoms with Crippen LogP contribution in [0.15, 0.2) is 65.6 Å². The van der Waals surface area contributed by atoms with Crippen LogP contribution in [0.2, 0.25) is 0 Å². The summed E-state index contributed by atoms with van der Waals surface area (Å²) in [7, 11) is 3.06. The number of anilines is 1. The SMILES string of the molecule is COc1ccc(NC(=O)CSc2ccccc2C(=O)NNC(=O)c2ccc(C)cc2C)cc1OC. The van der Waals surface area contributed by atoms with E-state index < -0.39 is 11.8 Å². The van der Waals surface area contributed by atoms with Crippen LogP contribution >= 0.6 is 11.8 Å². The predicted molar refractivity (Wildman–Crippen MR) is 136 cm³/mol. The van der Waals surface area contributed by atoms with Gasteiger partial charge in [0.1, 0.15) is 0 Å². The zero-order valence-corrected chi connectivity index (χ0v) is 20.7. The Bertz CT molecular complexity index is 1250. The van der Waals surface area contributed by atoms with Crippen molar-refractivity contribution in [1.82, 2.24) is 10.9 Å². The van der Waals surface area contributed by atoms with E-state index in [-0.39, 0.29) is 11.7 Å². The maximum atomic E-state index is 12.7. The molecule has 0 radical (unpaired) electrons. The number of thioether (sulfide) groups is 1. The van der Waals surface area contributed by atoms with Crippen molar-refractivity contribution in [3.05, 3.63) is 82.9 Å². The Morgan fingerprint density at radius 1 is 0.800 bits per heavy atom. The predicted octanol–water partition coefficient (Wildman–Crippen LogP) is 4.13. The molecule has 182 valence electrons. The van der Waals surface area contributed by atoms with Gasteiger partial charge in [0.25, 0.3) is 11.8 Å². The molecule has 0 saturated heterocycles. The summed E-state index contributed by atoms with van der Waals surface area (Å²) in [5, 5.41) is 2.80. The first-order chi connectivity index (χ1) is 16.8. The highest BCUT2D eigenvalue weighted by Crippen LogP contribution is 2.30. The molecule has 0 fully saturated rings. The fourth-order valence-electron chi connectivity index (χ4n) is 3.35. The first-order valence-electron chi connectivity index (χ1n) is 10.7. The summed E-state index contributed by atoms with van der Waals surface area (Å²) < 4.78 is 10.5. The molecule has 35 heavy (non-hydrogen) atoms. The zero-order chi connectivity index (χ0) is 25.4. The van der Waals surface area contributed by atoms with Gasteiger partial charge in [-0.2, -0.15) is 0 Å². The van der Waals surface area contributed by atoms with Crippen molar-refractivity contribution < 1.29 is 23.9 Å². The summed E-state index contributed by atoms with van der Waals surface area (Å²) >= 11 is 1.21. The minimum absolute atomic E-state index is 0.0769. The highest BCUT2D eigenvalue weighted by molar-refractivity contribution is 8.00. The van der Waals surface area contributed by atoms with E-state index in [1.165, 1.54) is 26.0 Å². The second-order valence-electron chi connectivity index (χ2n) is 7.63. The van der Waals surface area contributed by atoms with Crippen LogP contribution < -0.4 is 25.6 Å². The van der Waals surface area contributed by atoms with E-state index in [1.807, 2.05) is 26.0 Å². The lowest BCUT2D eigenvalue weighted by Gasteiger charge is -2.12. The van der Waals surface area contributed by atoms with E-state index in [0.717, 1.165) is 11.1 Å². The molecule has 3 amide bonds. The van der Waals surface area contributed by atoms with Crippen molar-refractivity contribution in [3.8, 4) is 11.5 Å². The van der Waals surface area contributed by atoms with Gasteiger partial charge in [0.2, 0.25) is 5.91 Å². The molecule has 0 spiro atoms. The van der Waals surface area contributed by atoms with Crippen LogP contribution in [0.1, 0.15) is 31.8 Å². The van der Waals surface area contributed by atoms with Crippen molar-refractivity contribution >= 4 is 35.2 Å². The third kappa shape index (κ3) is 6.77. The highest BCUT2D eigenvalue weighted by atomic mass is 32.2. The molecule has 3 rings (SSSR count).